The smallest absolute Gasteiger partial charge is 0.239 e. The molecule has 0 aromatic heterocycles. The molecular formula is C15H22ClN3O2. The van der Waals surface area contributed by atoms with E-state index in [0.29, 0.717) is 43.6 Å². The Kier molecular flexibility index (Phi) is 5.85. The number of rotatable bonds is 5. The van der Waals surface area contributed by atoms with Gasteiger partial charge in [-0.1, -0.05) is 18.5 Å². The highest BCUT2D eigenvalue weighted by atomic mass is 35.5. The summed E-state index contributed by atoms with van der Waals surface area (Å²) in [5, 5.41) is 3.58. The molecule has 1 atom stereocenters. The first-order valence-electron chi connectivity index (χ1n) is 7.25. The topological polar surface area (TPSA) is 67.6 Å². The van der Waals surface area contributed by atoms with Gasteiger partial charge in [-0.2, -0.15) is 0 Å². The van der Waals surface area contributed by atoms with Crippen molar-refractivity contribution in [2.24, 2.45) is 0 Å². The maximum atomic E-state index is 12.2. The van der Waals surface area contributed by atoms with Gasteiger partial charge in [0, 0.05) is 30.3 Å². The van der Waals surface area contributed by atoms with Crippen molar-refractivity contribution in [3.05, 3.63) is 28.8 Å². The van der Waals surface area contributed by atoms with Gasteiger partial charge >= 0.3 is 0 Å². The minimum atomic E-state index is -0.274. The van der Waals surface area contributed by atoms with Crippen LogP contribution in [-0.4, -0.2) is 43.2 Å². The SMILES string of the molecule is CCCNC(=O)C1COCCN1Cc1cc(Cl)ccc1N. The molecular weight excluding hydrogens is 290 g/mol. The fourth-order valence-electron chi connectivity index (χ4n) is 2.36. The second kappa shape index (κ2) is 7.64. The standard InChI is InChI=1S/C15H22ClN3O2/c1-2-5-18-15(20)14-10-21-7-6-19(14)9-11-8-12(16)3-4-13(11)17/h3-4,8,14H,2,5-7,9-10,17H2,1H3,(H,18,20). The molecule has 0 saturated carbocycles. The van der Waals surface area contributed by atoms with Crippen molar-refractivity contribution in [2.45, 2.75) is 25.9 Å². The Bertz CT molecular complexity index is 496. The van der Waals surface area contributed by atoms with Crippen LogP contribution in [0.4, 0.5) is 5.69 Å². The van der Waals surface area contributed by atoms with E-state index in [1.165, 1.54) is 0 Å². The Morgan fingerprint density at radius 2 is 2.38 bits per heavy atom. The zero-order valence-corrected chi connectivity index (χ0v) is 13.0. The van der Waals surface area contributed by atoms with Crippen molar-refractivity contribution in [1.29, 1.82) is 0 Å². The molecule has 1 aliphatic heterocycles. The molecule has 1 saturated heterocycles. The zero-order valence-electron chi connectivity index (χ0n) is 12.3. The Hall–Kier alpha value is -1.30. The highest BCUT2D eigenvalue weighted by molar-refractivity contribution is 6.30. The summed E-state index contributed by atoms with van der Waals surface area (Å²) in [5.41, 5.74) is 7.63. The maximum absolute atomic E-state index is 12.2. The Labute approximate surface area is 130 Å². The van der Waals surface area contributed by atoms with Crippen molar-refractivity contribution in [2.75, 3.05) is 32.0 Å². The van der Waals surface area contributed by atoms with Crippen molar-refractivity contribution >= 4 is 23.2 Å². The molecule has 6 heteroatoms. The lowest BCUT2D eigenvalue weighted by molar-refractivity contribution is -0.132. The highest BCUT2D eigenvalue weighted by Crippen LogP contribution is 2.21. The van der Waals surface area contributed by atoms with Crippen LogP contribution in [0.5, 0.6) is 0 Å². The summed E-state index contributed by atoms with van der Waals surface area (Å²) < 4.78 is 5.45. The van der Waals surface area contributed by atoms with Crippen LogP contribution in [0.2, 0.25) is 5.02 Å². The van der Waals surface area contributed by atoms with Gasteiger partial charge in [0.25, 0.3) is 0 Å². The lowest BCUT2D eigenvalue weighted by Crippen LogP contribution is -2.53. The number of halogens is 1. The third-order valence-electron chi connectivity index (χ3n) is 3.57. The molecule has 0 aliphatic carbocycles. The van der Waals surface area contributed by atoms with Crippen LogP contribution in [0.1, 0.15) is 18.9 Å². The predicted molar refractivity (Wildman–Crippen MR) is 84.2 cm³/mol. The van der Waals surface area contributed by atoms with Crippen LogP contribution in [0, 0.1) is 0 Å². The first-order chi connectivity index (χ1) is 10.1. The number of nitrogens with two attached hydrogens (primary N) is 1. The van der Waals surface area contributed by atoms with Gasteiger partial charge < -0.3 is 15.8 Å². The number of nitrogen functional groups attached to an aromatic ring is 1. The summed E-state index contributed by atoms with van der Waals surface area (Å²) >= 11 is 6.02. The molecule has 3 N–H and O–H groups in total. The van der Waals surface area contributed by atoms with E-state index in [4.69, 9.17) is 22.1 Å². The third-order valence-corrected chi connectivity index (χ3v) is 3.80. The summed E-state index contributed by atoms with van der Waals surface area (Å²) in [5.74, 6) is 0.0112. The average molecular weight is 312 g/mol. The summed E-state index contributed by atoms with van der Waals surface area (Å²) in [4.78, 5) is 14.3. The van der Waals surface area contributed by atoms with Crippen molar-refractivity contribution in [3.8, 4) is 0 Å². The summed E-state index contributed by atoms with van der Waals surface area (Å²) in [6, 6.07) is 5.15. The number of amides is 1. The summed E-state index contributed by atoms with van der Waals surface area (Å²) in [7, 11) is 0. The Balaban J connectivity index is 2.08. The molecule has 0 bridgehead atoms. The molecule has 2 rings (SSSR count). The Morgan fingerprint density at radius 3 is 3.14 bits per heavy atom. The number of nitrogens with one attached hydrogen (secondary N) is 1. The van der Waals surface area contributed by atoms with E-state index in [1.54, 1.807) is 12.1 Å². The van der Waals surface area contributed by atoms with Gasteiger partial charge in [0.1, 0.15) is 6.04 Å². The van der Waals surface area contributed by atoms with Gasteiger partial charge in [-0.15, -0.1) is 0 Å². The van der Waals surface area contributed by atoms with Gasteiger partial charge in [-0.3, -0.25) is 9.69 Å². The molecule has 1 unspecified atom stereocenters. The molecule has 1 aliphatic rings. The predicted octanol–water partition coefficient (Wildman–Crippen LogP) is 1.65. The van der Waals surface area contributed by atoms with Crippen LogP contribution in [-0.2, 0) is 16.1 Å². The van der Waals surface area contributed by atoms with Gasteiger partial charge in [-0.25, -0.2) is 0 Å². The molecule has 1 amide bonds. The minimum absolute atomic E-state index is 0.0112. The van der Waals surface area contributed by atoms with Crippen molar-refractivity contribution < 1.29 is 9.53 Å². The molecule has 116 valence electrons. The largest absolute Gasteiger partial charge is 0.398 e. The number of anilines is 1. The molecule has 0 spiro atoms. The van der Waals surface area contributed by atoms with Gasteiger partial charge in [0.15, 0.2) is 0 Å². The number of morpholine rings is 1. The number of benzene rings is 1. The quantitative estimate of drug-likeness (QED) is 0.811. The molecule has 1 aromatic carbocycles. The maximum Gasteiger partial charge on any atom is 0.239 e. The first-order valence-corrected chi connectivity index (χ1v) is 7.63. The molecule has 1 fully saturated rings. The lowest BCUT2D eigenvalue weighted by atomic mass is 10.1. The number of ether oxygens (including phenoxy) is 1. The van der Waals surface area contributed by atoms with Gasteiger partial charge in [0.05, 0.1) is 13.2 Å². The van der Waals surface area contributed by atoms with Gasteiger partial charge in [0.2, 0.25) is 5.91 Å². The fourth-order valence-corrected chi connectivity index (χ4v) is 2.56. The second-order valence-corrected chi connectivity index (χ2v) is 5.63. The van der Waals surface area contributed by atoms with E-state index in [1.807, 2.05) is 13.0 Å². The second-order valence-electron chi connectivity index (χ2n) is 5.20. The molecule has 21 heavy (non-hydrogen) atoms. The minimum Gasteiger partial charge on any atom is -0.398 e. The summed E-state index contributed by atoms with van der Waals surface area (Å²) in [6.07, 6.45) is 0.917. The molecule has 5 nitrogen and oxygen atoms in total. The average Bonchev–Trinajstić information content (AvgIpc) is 2.49. The van der Waals surface area contributed by atoms with Crippen LogP contribution < -0.4 is 11.1 Å². The number of carbonyl (C=O) groups is 1. The number of carbonyl (C=O) groups excluding carboxylic acids is 1. The number of hydrogen-bond acceptors (Lipinski definition) is 4. The van der Waals surface area contributed by atoms with E-state index < -0.39 is 0 Å². The lowest BCUT2D eigenvalue weighted by Gasteiger charge is -2.34. The summed E-state index contributed by atoms with van der Waals surface area (Å²) in [6.45, 7) is 5.05. The fraction of sp³-hybridized carbons (Fsp3) is 0.533. The van der Waals surface area contributed by atoms with E-state index in [9.17, 15) is 4.79 Å². The van der Waals surface area contributed by atoms with Gasteiger partial charge in [-0.05, 0) is 30.2 Å². The zero-order chi connectivity index (χ0) is 15.2. The normalized spacial score (nSPS) is 19.4. The van der Waals surface area contributed by atoms with Crippen LogP contribution in [0.25, 0.3) is 0 Å². The first kappa shape index (κ1) is 16.1. The van der Waals surface area contributed by atoms with E-state index in [-0.39, 0.29) is 11.9 Å². The van der Waals surface area contributed by atoms with E-state index in [2.05, 4.69) is 10.2 Å². The van der Waals surface area contributed by atoms with Crippen molar-refractivity contribution in [3.63, 3.8) is 0 Å². The van der Waals surface area contributed by atoms with Crippen LogP contribution in [0.3, 0.4) is 0 Å². The monoisotopic (exact) mass is 311 g/mol. The third kappa shape index (κ3) is 4.33. The molecule has 1 heterocycles. The van der Waals surface area contributed by atoms with E-state index >= 15 is 0 Å². The number of nitrogens with zero attached hydrogens (tertiary/aromatic N) is 1. The number of hydrogen-bond donors (Lipinski definition) is 2. The molecule has 1 aromatic rings. The Morgan fingerprint density at radius 1 is 1.57 bits per heavy atom. The van der Waals surface area contributed by atoms with E-state index in [0.717, 1.165) is 12.0 Å². The van der Waals surface area contributed by atoms with Crippen LogP contribution >= 0.6 is 11.6 Å². The molecule has 0 radical (unpaired) electrons. The van der Waals surface area contributed by atoms with Crippen molar-refractivity contribution in [1.82, 2.24) is 10.2 Å². The van der Waals surface area contributed by atoms with Crippen LogP contribution in [0.15, 0.2) is 18.2 Å². The highest BCUT2D eigenvalue weighted by Gasteiger charge is 2.29.